The standard InChI is InChI=1S/C16H14ClFN2O3/c17-12-7-4-8-13(16(12)18)20-14(21)9-19-15(22)10-23-11-5-2-1-3-6-11/h1-8H,9-10H2,(H,19,22)(H,20,21). The highest BCUT2D eigenvalue weighted by atomic mass is 35.5. The average Bonchev–Trinajstić information content (AvgIpc) is 2.56. The molecule has 0 aliphatic rings. The summed E-state index contributed by atoms with van der Waals surface area (Å²) in [7, 11) is 0. The van der Waals surface area contributed by atoms with E-state index in [2.05, 4.69) is 10.6 Å². The number of anilines is 1. The maximum atomic E-state index is 13.6. The maximum absolute atomic E-state index is 13.6. The Morgan fingerprint density at radius 1 is 1.04 bits per heavy atom. The van der Waals surface area contributed by atoms with Gasteiger partial charge in [0.15, 0.2) is 12.4 Å². The lowest BCUT2D eigenvalue weighted by Crippen LogP contribution is -2.35. The molecule has 0 heterocycles. The number of carbonyl (C=O) groups is 2. The molecule has 0 fully saturated rings. The van der Waals surface area contributed by atoms with Crippen LogP contribution in [0.1, 0.15) is 0 Å². The second-order valence-corrected chi connectivity index (χ2v) is 4.94. The Hall–Kier alpha value is -2.60. The predicted octanol–water partition coefficient (Wildman–Crippen LogP) is 2.61. The molecule has 23 heavy (non-hydrogen) atoms. The average molecular weight is 337 g/mol. The van der Waals surface area contributed by atoms with Crippen LogP contribution >= 0.6 is 11.6 Å². The van der Waals surface area contributed by atoms with E-state index in [1.165, 1.54) is 18.2 Å². The fourth-order valence-corrected chi connectivity index (χ4v) is 1.86. The van der Waals surface area contributed by atoms with E-state index in [4.69, 9.17) is 16.3 Å². The van der Waals surface area contributed by atoms with Gasteiger partial charge in [0.05, 0.1) is 17.3 Å². The number of rotatable bonds is 6. The molecular formula is C16H14ClFN2O3. The van der Waals surface area contributed by atoms with Gasteiger partial charge in [0.2, 0.25) is 5.91 Å². The van der Waals surface area contributed by atoms with Crippen molar-refractivity contribution in [3.63, 3.8) is 0 Å². The SMILES string of the molecule is O=C(COc1ccccc1)NCC(=O)Nc1cccc(Cl)c1F. The molecule has 5 nitrogen and oxygen atoms in total. The van der Waals surface area contributed by atoms with Gasteiger partial charge in [-0.15, -0.1) is 0 Å². The Balaban J connectivity index is 1.75. The molecule has 0 aliphatic heterocycles. The van der Waals surface area contributed by atoms with Gasteiger partial charge in [-0.3, -0.25) is 9.59 Å². The fourth-order valence-electron chi connectivity index (χ4n) is 1.69. The van der Waals surface area contributed by atoms with E-state index in [0.717, 1.165) is 0 Å². The lowest BCUT2D eigenvalue weighted by molar-refractivity contribution is -0.125. The summed E-state index contributed by atoms with van der Waals surface area (Å²) in [5.41, 5.74) is -0.0442. The van der Waals surface area contributed by atoms with E-state index in [1.54, 1.807) is 24.3 Å². The summed E-state index contributed by atoms with van der Waals surface area (Å²) >= 11 is 5.61. The molecule has 0 radical (unpaired) electrons. The highest BCUT2D eigenvalue weighted by Gasteiger charge is 2.11. The molecule has 0 aliphatic carbocycles. The Labute approximate surface area is 137 Å². The summed E-state index contributed by atoms with van der Waals surface area (Å²) in [4.78, 5) is 23.3. The molecule has 0 unspecified atom stereocenters. The lowest BCUT2D eigenvalue weighted by Gasteiger charge is -2.09. The second-order valence-electron chi connectivity index (χ2n) is 4.53. The summed E-state index contributed by atoms with van der Waals surface area (Å²) in [5.74, 6) is -1.20. The van der Waals surface area contributed by atoms with Crippen LogP contribution in [0.2, 0.25) is 5.02 Å². The first kappa shape index (κ1) is 16.8. The van der Waals surface area contributed by atoms with E-state index in [-0.39, 0.29) is 23.9 Å². The highest BCUT2D eigenvalue weighted by molar-refractivity contribution is 6.31. The largest absolute Gasteiger partial charge is 0.484 e. The first-order chi connectivity index (χ1) is 11.1. The number of halogens is 2. The van der Waals surface area contributed by atoms with Gasteiger partial charge in [-0.1, -0.05) is 35.9 Å². The molecule has 0 saturated carbocycles. The minimum Gasteiger partial charge on any atom is -0.484 e. The molecule has 0 aromatic heterocycles. The first-order valence-electron chi connectivity index (χ1n) is 6.74. The van der Waals surface area contributed by atoms with Crippen LogP contribution in [0.15, 0.2) is 48.5 Å². The molecule has 0 atom stereocenters. The third kappa shape index (κ3) is 5.27. The van der Waals surface area contributed by atoms with Crippen molar-refractivity contribution >= 4 is 29.1 Å². The first-order valence-corrected chi connectivity index (χ1v) is 7.12. The van der Waals surface area contributed by atoms with Crippen molar-refractivity contribution in [1.82, 2.24) is 5.32 Å². The van der Waals surface area contributed by atoms with E-state index in [9.17, 15) is 14.0 Å². The molecule has 2 aromatic carbocycles. The van der Waals surface area contributed by atoms with Crippen LogP contribution in [0.4, 0.5) is 10.1 Å². The Bertz CT molecular complexity index is 695. The van der Waals surface area contributed by atoms with Gasteiger partial charge < -0.3 is 15.4 Å². The number of hydrogen-bond acceptors (Lipinski definition) is 3. The van der Waals surface area contributed by atoms with E-state index < -0.39 is 17.6 Å². The lowest BCUT2D eigenvalue weighted by atomic mass is 10.3. The molecule has 7 heteroatoms. The molecule has 2 aromatic rings. The van der Waals surface area contributed by atoms with Gasteiger partial charge in [-0.25, -0.2) is 4.39 Å². The zero-order chi connectivity index (χ0) is 16.7. The van der Waals surface area contributed by atoms with Crippen LogP contribution in [-0.4, -0.2) is 25.0 Å². The van der Waals surface area contributed by atoms with Gasteiger partial charge in [0.25, 0.3) is 5.91 Å². The van der Waals surface area contributed by atoms with Gasteiger partial charge in [0.1, 0.15) is 5.75 Å². The molecule has 2 rings (SSSR count). The van der Waals surface area contributed by atoms with Crippen molar-refractivity contribution in [3.8, 4) is 5.75 Å². The highest BCUT2D eigenvalue weighted by Crippen LogP contribution is 2.21. The van der Waals surface area contributed by atoms with Crippen molar-refractivity contribution < 1.29 is 18.7 Å². The summed E-state index contributed by atoms with van der Waals surface area (Å²) in [6.07, 6.45) is 0. The molecule has 2 N–H and O–H groups in total. The molecule has 120 valence electrons. The van der Waals surface area contributed by atoms with Crippen molar-refractivity contribution in [3.05, 3.63) is 59.4 Å². The maximum Gasteiger partial charge on any atom is 0.258 e. The molecule has 0 spiro atoms. The van der Waals surface area contributed by atoms with Crippen LogP contribution in [0.5, 0.6) is 5.75 Å². The van der Waals surface area contributed by atoms with Crippen LogP contribution in [0.3, 0.4) is 0 Å². The van der Waals surface area contributed by atoms with Gasteiger partial charge in [-0.2, -0.15) is 0 Å². The Morgan fingerprint density at radius 3 is 2.52 bits per heavy atom. The molecule has 2 amide bonds. The van der Waals surface area contributed by atoms with Crippen molar-refractivity contribution in [2.75, 3.05) is 18.5 Å². The van der Waals surface area contributed by atoms with Crippen molar-refractivity contribution in [2.24, 2.45) is 0 Å². The number of hydrogen-bond donors (Lipinski definition) is 2. The summed E-state index contributed by atoms with van der Waals surface area (Å²) in [6.45, 7) is -0.522. The summed E-state index contributed by atoms with van der Waals surface area (Å²) < 4.78 is 18.8. The Kier molecular flexibility index (Phi) is 5.94. The minimum atomic E-state index is -0.721. The zero-order valence-electron chi connectivity index (χ0n) is 12.0. The van der Waals surface area contributed by atoms with Gasteiger partial charge in [-0.05, 0) is 24.3 Å². The fraction of sp³-hybridized carbons (Fsp3) is 0.125. The monoisotopic (exact) mass is 336 g/mol. The van der Waals surface area contributed by atoms with Crippen LogP contribution in [0, 0.1) is 5.82 Å². The van der Waals surface area contributed by atoms with E-state index in [1.807, 2.05) is 6.07 Å². The third-order valence-corrected chi connectivity index (χ3v) is 3.08. The van der Waals surface area contributed by atoms with E-state index >= 15 is 0 Å². The number of amides is 2. The molecular weight excluding hydrogens is 323 g/mol. The Morgan fingerprint density at radius 2 is 1.78 bits per heavy atom. The van der Waals surface area contributed by atoms with Gasteiger partial charge >= 0.3 is 0 Å². The zero-order valence-corrected chi connectivity index (χ0v) is 12.8. The van der Waals surface area contributed by atoms with Gasteiger partial charge in [0, 0.05) is 0 Å². The number of ether oxygens (including phenoxy) is 1. The van der Waals surface area contributed by atoms with Crippen LogP contribution < -0.4 is 15.4 Å². The van der Waals surface area contributed by atoms with Crippen molar-refractivity contribution in [1.29, 1.82) is 0 Å². The van der Waals surface area contributed by atoms with Crippen LogP contribution in [-0.2, 0) is 9.59 Å². The number of benzene rings is 2. The molecule has 0 bridgehead atoms. The number of carbonyl (C=O) groups excluding carboxylic acids is 2. The van der Waals surface area contributed by atoms with E-state index in [0.29, 0.717) is 5.75 Å². The smallest absolute Gasteiger partial charge is 0.258 e. The second kappa shape index (κ2) is 8.14. The number of nitrogens with one attached hydrogen (secondary N) is 2. The topological polar surface area (TPSA) is 67.4 Å². The van der Waals surface area contributed by atoms with Crippen LogP contribution in [0.25, 0.3) is 0 Å². The quantitative estimate of drug-likeness (QED) is 0.852. The van der Waals surface area contributed by atoms with Crippen molar-refractivity contribution in [2.45, 2.75) is 0 Å². The summed E-state index contributed by atoms with van der Waals surface area (Å²) in [5, 5.41) is 4.61. The molecule has 0 saturated heterocycles. The predicted molar refractivity (Wildman–Crippen MR) is 85.0 cm³/mol. The normalized spacial score (nSPS) is 10.0. The minimum absolute atomic E-state index is 0.0442. The number of para-hydroxylation sites is 1. The summed E-state index contributed by atoms with van der Waals surface area (Å²) in [6, 6.07) is 13.1. The third-order valence-electron chi connectivity index (χ3n) is 2.78.